The summed E-state index contributed by atoms with van der Waals surface area (Å²) in [5, 5.41) is 8.40. The van der Waals surface area contributed by atoms with Gasteiger partial charge in [0.25, 0.3) is 5.91 Å². The van der Waals surface area contributed by atoms with E-state index in [4.69, 9.17) is 4.74 Å². The highest BCUT2D eigenvalue weighted by molar-refractivity contribution is 5.78. The predicted octanol–water partition coefficient (Wildman–Crippen LogP) is 2.91. The van der Waals surface area contributed by atoms with Crippen molar-refractivity contribution in [3.63, 3.8) is 0 Å². The van der Waals surface area contributed by atoms with Gasteiger partial charge in [-0.1, -0.05) is 19.3 Å². The lowest BCUT2D eigenvalue weighted by Gasteiger charge is -2.37. The molecule has 144 valence electrons. The van der Waals surface area contributed by atoms with Crippen molar-refractivity contribution in [3.05, 3.63) is 42.2 Å². The molecule has 1 saturated heterocycles. The van der Waals surface area contributed by atoms with Crippen LogP contribution in [0.15, 0.2) is 30.6 Å². The molecule has 1 unspecified atom stereocenters. The average Bonchev–Trinajstić information content (AvgIpc) is 3.25. The Hall–Kier alpha value is -2.44. The number of aromatic nitrogens is 3. The Labute approximate surface area is 158 Å². The Morgan fingerprint density at radius 2 is 2.00 bits per heavy atom. The lowest BCUT2D eigenvalue weighted by atomic mass is 9.67. The summed E-state index contributed by atoms with van der Waals surface area (Å²) in [6.07, 6.45) is 7.62. The number of rotatable bonds is 4. The molecule has 2 aliphatic rings. The SMILES string of the molecule is Cn1cnnc1C1CN(C(=O)COc2ccc(F)cc2)CC12CCCCC2. The Balaban J connectivity index is 1.48. The molecule has 2 fully saturated rings. The van der Waals surface area contributed by atoms with Gasteiger partial charge in [-0.25, -0.2) is 4.39 Å². The standard InChI is InChI=1S/C20H25FN4O2/c1-24-14-22-23-19(24)17-11-25(13-20(17)9-3-2-4-10-20)18(26)12-27-16-7-5-15(21)6-8-16/h5-8,14,17H,2-4,9-13H2,1H3. The lowest BCUT2D eigenvalue weighted by molar-refractivity contribution is -0.132. The first-order chi connectivity index (χ1) is 13.1. The fourth-order valence-corrected chi connectivity index (χ4v) is 4.65. The van der Waals surface area contributed by atoms with Crippen molar-refractivity contribution < 1.29 is 13.9 Å². The van der Waals surface area contributed by atoms with Crippen LogP contribution in [0, 0.1) is 11.2 Å². The molecule has 0 N–H and O–H groups in total. The van der Waals surface area contributed by atoms with Crippen LogP contribution < -0.4 is 4.74 Å². The summed E-state index contributed by atoms with van der Waals surface area (Å²) in [5.74, 6) is 1.32. The summed E-state index contributed by atoms with van der Waals surface area (Å²) in [6.45, 7) is 1.36. The van der Waals surface area contributed by atoms with Crippen molar-refractivity contribution in [1.82, 2.24) is 19.7 Å². The summed E-state index contributed by atoms with van der Waals surface area (Å²) in [5.41, 5.74) is 0.0879. The number of halogens is 1. The number of amides is 1. The zero-order valence-electron chi connectivity index (χ0n) is 15.6. The number of hydrogen-bond acceptors (Lipinski definition) is 4. The monoisotopic (exact) mass is 372 g/mol. The number of aryl methyl sites for hydroxylation is 1. The molecule has 1 aromatic heterocycles. The van der Waals surface area contributed by atoms with E-state index in [1.165, 1.54) is 43.5 Å². The van der Waals surface area contributed by atoms with E-state index in [1.807, 2.05) is 16.5 Å². The summed E-state index contributed by atoms with van der Waals surface area (Å²) >= 11 is 0. The highest BCUT2D eigenvalue weighted by atomic mass is 19.1. The number of carbonyl (C=O) groups excluding carboxylic acids is 1. The first kappa shape index (κ1) is 17.9. The van der Waals surface area contributed by atoms with Crippen molar-refractivity contribution in [2.24, 2.45) is 12.5 Å². The molecule has 0 radical (unpaired) electrons. The van der Waals surface area contributed by atoms with E-state index in [2.05, 4.69) is 10.2 Å². The third kappa shape index (κ3) is 3.55. The summed E-state index contributed by atoms with van der Waals surface area (Å²) < 4.78 is 20.5. The van der Waals surface area contributed by atoms with E-state index in [0.29, 0.717) is 12.3 Å². The van der Waals surface area contributed by atoms with Gasteiger partial charge in [0.1, 0.15) is 23.7 Å². The molecule has 27 heavy (non-hydrogen) atoms. The summed E-state index contributed by atoms with van der Waals surface area (Å²) in [4.78, 5) is 14.7. The van der Waals surface area contributed by atoms with Crippen LogP contribution in [0.3, 0.4) is 0 Å². The van der Waals surface area contributed by atoms with E-state index in [-0.39, 0.29) is 29.7 Å². The van der Waals surface area contributed by atoms with Crippen molar-refractivity contribution in [3.8, 4) is 5.75 Å². The number of benzene rings is 1. The summed E-state index contributed by atoms with van der Waals surface area (Å²) in [7, 11) is 1.97. The second kappa shape index (κ2) is 7.29. The minimum atomic E-state index is -0.320. The molecule has 2 aromatic rings. The van der Waals surface area contributed by atoms with Gasteiger partial charge in [-0.15, -0.1) is 10.2 Å². The molecule has 1 aromatic carbocycles. The third-order valence-corrected chi connectivity index (χ3v) is 6.08. The van der Waals surface area contributed by atoms with Crippen LogP contribution >= 0.6 is 0 Å². The van der Waals surface area contributed by atoms with Gasteiger partial charge in [-0.05, 0) is 42.5 Å². The molecule has 1 atom stereocenters. The largest absolute Gasteiger partial charge is 0.484 e. The smallest absolute Gasteiger partial charge is 0.260 e. The van der Waals surface area contributed by atoms with Crippen LogP contribution in [0.25, 0.3) is 0 Å². The van der Waals surface area contributed by atoms with Gasteiger partial charge in [0, 0.05) is 26.1 Å². The fourth-order valence-electron chi connectivity index (χ4n) is 4.65. The Morgan fingerprint density at radius 1 is 1.26 bits per heavy atom. The number of ether oxygens (including phenoxy) is 1. The van der Waals surface area contributed by atoms with Crippen LogP contribution in [0.2, 0.25) is 0 Å². The maximum absolute atomic E-state index is 13.0. The van der Waals surface area contributed by atoms with Crippen LogP contribution in [0.1, 0.15) is 43.8 Å². The second-order valence-electron chi connectivity index (χ2n) is 7.79. The van der Waals surface area contributed by atoms with E-state index < -0.39 is 0 Å². The molecule has 7 heteroatoms. The van der Waals surface area contributed by atoms with E-state index in [9.17, 15) is 9.18 Å². The molecule has 6 nitrogen and oxygen atoms in total. The molecule has 2 heterocycles. The minimum absolute atomic E-state index is 0.0334. The van der Waals surface area contributed by atoms with E-state index >= 15 is 0 Å². The molecule has 1 saturated carbocycles. The first-order valence-corrected chi connectivity index (χ1v) is 9.57. The maximum Gasteiger partial charge on any atom is 0.260 e. The Morgan fingerprint density at radius 3 is 2.67 bits per heavy atom. The average molecular weight is 372 g/mol. The quantitative estimate of drug-likeness (QED) is 0.828. The van der Waals surface area contributed by atoms with Crippen LogP contribution in [-0.2, 0) is 11.8 Å². The van der Waals surface area contributed by atoms with Gasteiger partial charge >= 0.3 is 0 Å². The number of likely N-dealkylation sites (tertiary alicyclic amines) is 1. The Bertz CT molecular complexity index is 799. The van der Waals surface area contributed by atoms with Gasteiger partial charge in [0.2, 0.25) is 0 Å². The van der Waals surface area contributed by atoms with Gasteiger partial charge in [-0.3, -0.25) is 4.79 Å². The zero-order chi connectivity index (χ0) is 18.9. The van der Waals surface area contributed by atoms with Gasteiger partial charge < -0.3 is 14.2 Å². The molecular weight excluding hydrogens is 347 g/mol. The molecule has 1 amide bonds. The molecule has 4 rings (SSSR count). The van der Waals surface area contributed by atoms with Gasteiger partial charge in [0.15, 0.2) is 6.61 Å². The van der Waals surface area contributed by atoms with Gasteiger partial charge in [-0.2, -0.15) is 0 Å². The number of carbonyl (C=O) groups is 1. The second-order valence-corrected chi connectivity index (χ2v) is 7.79. The van der Waals surface area contributed by atoms with Gasteiger partial charge in [0.05, 0.1) is 0 Å². The Kier molecular flexibility index (Phi) is 4.85. The maximum atomic E-state index is 13.0. The van der Waals surface area contributed by atoms with Crippen LogP contribution in [0.5, 0.6) is 5.75 Å². The van der Waals surface area contributed by atoms with Crippen molar-refractivity contribution in [2.75, 3.05) is 19.7 Å². The fraction of sp³-hybridized carbons (Fsp3) is 0.550. The van der Waals surface area contributed by atoms with Crippen molar-refractivity contribution >= 4 is 5.91 Å². The summed E-state index contributed by atoms with van der Waals surface area (Å²) in [6, 6.07) is 5.74. The lowest BCUT2D eigenvalue weighted by Crippen LogP contribution is -2.36. The third-order valence-electron chi connectivity index (χ3n) is 6.08. The first-order valence-electron chi connectivity index (χ1n) is 9.57. The number of nitrogens with zero attached hydrogens (tertiary/aromatic N) is 4. The normalized spacial score (nSPS) is 21.6. The van der Waals surface area contributed by atoms with Crippen molar-refractivity contribution in [2.45, 2.75) is 38.0 Å². The predicted molar refractivity (Wildman–Crippen MR) is 97.7 cm³/mol. The van der Waals surface area contributed by atoms with E-state index in [1.54, 1.807) is 6.33 Å². The molecule has 1 aliphatic carbocycles. The minimum Gasteiger partial charge on any atom is -0.484 e. The topological polar surface area (TPSA) is 60.2 Å². The zero-order valence-corrected chi connectivity index (χ0v) is 15.6. The molecular formula is C20H25FN4O2. The number of hydrogen-bond donors (Lipinski definition) is 0. The van der Waals surface area contributed by atoms with Crippen LogP contribution in [-0.4, -0.2) is 45.3 Å². The molecule has 1 spiro atoms. The highest BCUT2D eigenvalue weighted by Crippen LogP contribution is 2.51. The van der Waals surface area contributed by atoms with Crippen LogP contribution in [0.4, 0.5) is 4.39 Å². The molecule has 0 bridgehead atoms. The molecule has 1 aliphatic heterocycles. The van der Waals surface area contributed by atoms with Crippen molar-refractivity contribution in [1.29, 1.82) is 0 Å². The van der Waals surface area contributed by atoms with E-state index in [0.717, 1.165) is 25.2 Å². The highest BCUT2D eigenvalue weighted by Gasteiger charge is 2.50.